The van der Waals surface area contributed by atoms with Crippen molar-refractivity contribution in [2.75, 3.05) is 20.1 Å². The zero-order chi connectivity index (χ0) is 9.07. The van der Waals surface area contributed by atoms with Crippen molar-refractivity contribution in [3.05, 3.63) is 6.08 Å². The zero-order valence-corrected chi connectivity index (χ0v) is 8.27. The minimum Gasteiger partial charge on any atom is -0.320 e. The quantitative estimate of drug-likeness (QED) is 0.456. The number of hydrogen-bond acceptors (Lipinski definition) is 2. The van der Waals surface area contributed by atoms with Gasteiger partial charge in [0.15, 0.2) is 0 Å². The standard InChI is InChI=1S/C10H20N2/c1-3-8-12-10-7-5-4-6-9-11-2/h3,11H,4-7,9-10H2,1-2H3. The van der Waals surface area contributed by atoms with Crippen LogP contribution in [0.1, 0.15) is 32.6 Å². The maximum Gasteiger partial charge on any atom is 0.0483 e. The highest BCUT2D eigenvalue weighted by Gasteiger charge is 1.87. The fraction of sp³-hybridized carbons (Fsp3) is 0.800. The van der Waals surface area contributed by atoms with Gasteiger partial charge in [-0.15, -0.1) is 0 Å². The zero-order valence-electron chi connectivity index (χ0n) is 8.27. The molecule has 0 unspecified atom stereocenters. The normalized spacial score (nSPS) is 9.17. The Morgan fingerprint density at radius 2 is 2.00 bits per heavy atom. The van der Waals surface area contributed by atoms with E-state index in [1.54, 1.807) is 0 Å². The molecule has 0 aliphatic rings. The van der Waals surface area contributed by atoms with Crippen LogP contribution in [0, 0.1) is 0 Å². The molecule has 0 aromatic rings. The Bertz CT molecular complexity index is 135. The predicted molar refractivity (Wildman–Crippen MR) is 54.9 cm³/mol. The van der Waals surface area contributed by atoms with Gasteiger partial charge in [-0.2, -0.15) is 0 Å². The van der Waals surface area contributed by atoms with Crippen molar-refractivity contribution in [1.29, 1.82) is 0 Å². The monoisotopic (exact) mass is 168 g/mol. The SMILES string of the molecule is CC=C=NCCCCCCNC. The van der Waals surface area contributed by atoms with E-state index in [1.165, 1.54) is 25.7 Å². The Balaban J connectivity index is 2.96. The molecular weight excluding hydrogens is 148 g/mol. The summed E-state index contributed by atoms with van der Waals surface area (Å²) in [5.41, 5.74) is 0. The van der Waals surface area contributed by atoms with Crippen LogP contribution in [0.5, 0.6) is 0 Å². The molecule has 1 N–H and O–H groups in total. The smallest absolute Gasteiger partial charge is 0.0483 e. The van der Waals surface area contributed by atoms with Gasteiger partial charge < -0.3 is 5.32 Å². The number of allylic oxidation sites excluding steroid dienone is 1. The molecule has 2 nitrogen and oxygen atoms in total. The van der Waals surface area contributed by atoms with Gasteiger partial charge in [-0.3, -0.25) is 0 Å². The Morgan fingerprint density at radius 1 is 1.25 bits per heavy atom. The van der Waals surface area contributed by atoms with Gasteiger partial charge >= 0.3 is 0 Å². The van der Waals surface area contributed by atoms with E-state index in [-0.39, 0.29) is 0 Å². The number of hydrogen-bond donors (Lipinski definition) is 1. The Hall–Kier alpha value is -0.590. The van der Waals surface area contributed by atoms with Crippen molar-refractivity contribution >= 4 is 5.87 Å². The molecule has 0 atom stereocenters. The maximum atomic E-state index is 4.09. The van der Waals surface area contributed by atoms with E-state index >= 15 is 0 Å². The lowest BCUT2D eigenvalue weighted by atomic mass is 10.2. The van der Waals surface area contributed by atoms with Gasteiger partial charge in [0.25, 0.3) is 0 Å². The lowest BCUT2D eigenvalue weighted by Gasteiger charge is -1.97. The van der Waals surface area contributed by atoms with Crippen LogP contribution in [0.25, 0.3) is 0 Å². The van der Waals surface area contributed by atoms with Crippen molar-refractivity contribution in [1.82, 2.24) is 5.32 Å². The van der Waals surface area contributed by atoms with Crippen LogP contribution in [0.15, 0.2) is 11.1 Å². The number of rotatable bonds is 7. The molecule has 0 aliphatic heterocycles. The molecule has 0 aromatic carbocycles. The van der Waals surface area contributed by atoms with Crippen LogP contribution < -0.4 is 5.32 Å². The summed E-state index contributed by atoms with van der Waals surface area (Å²) in [4.78, 5) is 4.09. The molecule has 12 heavy (non-hydrogen) atoms. The first kappa shape index (κ1) is 11.4. The third kappa shape index (κ3) is 9.41. The average Bonchev–Trinajstić information content (AvgIpc) is 2.10. The summed E-state index contributed by atoms with van der Waals surface area (Å²) in [6.45, 7) is 4.01. The fourth-order valence-corrected chi connectivity index (χ4v) is 1.00. The molecule has 0 spiro atoms. The number of nitrogens with one attached hydrogen (secondary N) is 1. The highest BCUT2D eigenvalue weighted by atomic mass is 14.8. The molecule has 0 rings (SSSR count). The fourth-order valence-electron chi connectivity index (χ4n) is 1.00. The Morgan fingerprint density at radius 3 is 2.67 bits per heavy atom. The molecule has 0 heterocycles. The van der Waals surface area contributed by atoms with Gasteiger partial charge in [0.05, 0.1) is 0 Å². The van der Waals surface area contributed by atoms with Crippen LogP contribution in [-0.2, 0) is 0 Å². The topological polar surface area (TPSA) is 24.4 Å². The summed E-state index contributed by atoms with van der Waals surface area (Å²) >= 11 is 0. The summed E-state index contributed by atoms with van der Waals surface area (Å²) in [5, 5.41) is 3.14. The van der Waals surface area contributed by atoms with E-state index in [0.717, 1.165) is 13.1 Å². The first-order chi connectivity index (χ1) is 5.91. The van der Waals surface area contributed by atoms with Gasteiger partial charge in [0.2, 0.25) is 0 Å². The lowest BCUT2D eigenvalue weighted by Crippen LogP contribution is -2.06. The second-order valence-electron chi connectivity index (χ2n) is 2.82. The van der Waals surface area contributed by atoms with E-state index in [0.29, 0.717) is 0 Å². The van der Waals surface area contributed by atoms with Gasteiger partial charge in [0.1, 0.15) is 0 Å². The second kappa shape index (κ2) is 10.4. The maximum absolute atomic E-state index is 4.09. The highest BCUT2D eigenvalue weighted by molar-refractivity contribution is 5.50. The molecule has 0 aromatic heterocycles. The van der Waals surface area contributed by atoms with Crippen LogP contribution in [0.2, 0.25) is 0 Å². The summed E-state index contributed by atoms with van der Waals surface area (Å²) in [7, 11) is 2.00. The second-order valence-corrected chi connectivity index (χ2v) is 2.82. The first-order valence-corrected chi connectivity index (χ1v) is 4.76. The van der Waals surface area contributed by atoms with E-state index in [4.69, 9.17) is 0 Å². The molecule has 70 valence electrons. The van der Waals surface area contributed by atoms with Crippen LogP contribution >= 0.6 is 0 Å². The van der Waals surface area contributed by atoms with Crippen LogP contribution in [0.3, 0.4) is 0 Å². The molecule has 0 saturated carbocycles. The summed E-state index contributed by atoms with van der Waals surface area (Å²) in [6.07, 6.45) is 6.93. The van der Waals surface area contributed by atoms with Crippen molar-refractivity contribution < 1.29 is 0 Å². The van der Waals surface area contributed by atoms with Gasteiger partial charge in [0, 0.05) is 6.54 Å². The molecule has 0 bridgehead atoms. The van der Waals surface area contributed by atoms with Crippen LogP contribution in [0.4, 0.5) is 0 Å². The minimum atomic E-state index is 0.934. The van der Waals surface area contributed by atoms with Gasteiger partial charge in [-0.1, -0.05) is 12.8 Å². The molecule has 0 fully saturated rings. The predicted octanol–water partition coefficient (Wildman–Crippen LogP) is 2.01. The molecule has 2 heteroatoms. The van der Waals surface area contributed by atoms with Crippen molar-refractivity contribution in [3.63, 3.8) is 0 Å². The molecule has 0 aliphatic carbocycles. The highest BCUT2D eigenvalue weighted by Crippen LogP contribution is 1.98. The van der Waals surface area contributed by atoms with E-state index in [2.05, 4.69) is 16.2 Å². The molecular formula is C10H20N2. The van der Waals surface area contributed by atoms with Crippen molar-refractivity contribution in [2.24, 2.45) is 4.99 Å². The third-order valence-corrected chi connectivity index (χ3v) is 1.67. The summed E-state index contributed by atoms with van der Waals surface area (Å²) < 4.78 is 0. The minimum absolute atomic E-state index is 0.934. The third-order valence-electron chi connectivity index (χ3n) is 1.67. The summed E-state index contributed by atoms with van der Waals surface area (Å²) in [6, 6.07) is 0. The number of unbranched alkanes of at least 4 members (excludes halogenated alkanes) is 3. The Kier molecular flexibility index (Phi) is 9.90. The van der Waals surface area contributed by atoms with Crippen molar-refractivity contribution in [3.8, 4) is 0 Å². The van der Waals surface area contributed by atoms with E-state index in [1.807, 2.05) is 20.0 Å². The van der Waals surface area contributed by atoms with Gasteiger partial charge in [-0.05, 0) is 45.3 Å². The van der Waals surface area contributed by atoms with E-state index in [9.17, 15) is 0 Å². The lowest BCUT2D eigenvalue weighted by molar-refractivity contribution is 0.622. The molecule has 0 amide bonds. The number of aliphatic imine (C=N–C) groups is 1. The molecule has 0 radical (unpaired) electrons. The first-order valence-electron chi connectivity index (χ1n) is 4.76. The molecule has 0 saturated heterocycles. The largest absolute Gasteiger partial charge is 0.320 e. The average molecular weight is 168 g/mol. The summed E-state index contributed by atoms with van der Waals surface area (Å²) in [5.74, 6) is 2.84. The number of nitrogens with zero attached hydrogens (tertiary/aromatic N) is 1. The van der Waals surface area contributed by atoms with E-state index < -0.39 is 0 Å². The van der Waals surface area contributed by atoms with Crippen LogP contribution in [-0.4, -0.2) is 26.0 Å². The van der Waals surface area contributed by atoms with Gasteiger partial charge in [-0.25, -0.2) is 4.99 Å². The Labute approximate surface area is 75.8 Å². The van der Waals surface area contributed by atoms with Crippen molar-refractivity contribution in [2.45, 2.75) is 32.6 Å².